The fourth-order valence-corrected chi connectivity index (χ4v) is 1.20. The third kappa shape index (κ3) is 2.45. The van der Waals surface area contributed by atoms with Crippen molar-refractivity contribution in [1.29, 1.82) is 0 Å². The summed E-state index contributed by atoms with van der Waals surface area (Å²) >= 11 is 0. The van der Waals surface area contributed by atoms with Gasteiger partial charge in [-0.25, -0.2) is 0 Å². The summed E-state index contributed by atoms with van der Waals surface area (Å²) in [6.45, 7) is 4.42. The van der Waals surface area contributed by atoms with Gasteiger partial charge in [-0.15, -0.1) is 0 Å². The van der Waals surface area contributed by atoms with Gasteiger partial charge in [0.2, 0.25) is 6.29 Å². The van der Waals surface area contributed by atoms with Gasteiger partial charge in [0.1, 0.15) is 0 Å². The molecule has 1 rings (SSSR count). The largest absolute Gasteiger partial charge is 0.364 e. The second-order valence-electron chi connectivity index (χ2n) is 3.80. The van der Waals surface area contributed by atoms with Crippen molar-refractivity contribution in [2.75, 3.05) is 6.54 Å². The standard InChI is InChI=1S/C10H14N2O2/c1-10(2,7-12-9(14)6-13)8-4-3-5-11-8/h3-6,11H,7H2,1-2H3,(H,12,14). The van der Waals surface area contributed by atoms with Crippen LogP contribution in [0.25, 0.3) is 0 Å². The van der Waals surface area contributed by atoms with Crippen LogP contribution in [0.2, 0.25) is 0 Å². The summed E-state index contributed by atoms with van der Waals surface area (Å²) in [5.41, 5.74) is 0.839. The minimum Gasteiger partial charge on any atom is -0.364 e. The molecule has 14 heavy (non-hydrogen) atoms. The van der Waals surface area contributed by atoms with Crippen LogP contribution in [0, 0.1) is 0 Å². The van der Waals surface area contributed by atoms with Crippen molar-refractivity contribution in [3.63, 3.8) is 0 Å². The first kappa shape index (κ1) is 10.5. The Hall–Kier alpha value is -1.58. The highest BCUT2D eigenvalue weighted by Crippen LogP contribution is 2.19. The Balaban J connectivity index is 2.59. The lowest BCUT2D eigenvalue weighted by atomic mass is 9.89. The number of H-pyrrole nitrogens is 1. The molecular weight excluding hydrogens is 180 g/mol. The lowest BCUT2D eigenvalue weighted by Gasteiger charge is -2.23. The molecule has 0 spiro atoms. The number of aldehydes is 1. The smallest absolute Gasteiger partial charge is 0.284 e. The van der Waals surface area contributed by atoms with Gasteiger partial charge in [0.25, 0.3) is 5.91 Å². The molecule has 0 aliphatic carbocycles. The van der Waals surface area contributed by atoms with E-state index in [1.807, 2.05) is 32.2 Å². The van der Waals surface area contributed by atoms with Crippen molar-refractivity contribution in [2.24, 2.45) is 0 Å². The summed E-state index contributed by atoms with van der Waals surface area (Å²) < 4.78 is 0. The third-order valence-corrected chi connectivity index (χ3v) is 2.14. The number of hydrogen-bond donors (Lipinski definition) is 2. The summed E-state index contributed by atoms with van der Waals surface area (Å²) in [4.78, 5) is 23.9. The number of nitrogens with one attached hydrogen (secondary N) is 2. The highest BCUT2D eigenvalue weighted by Gasteiger charge is 2.21. The predicted octanol–water partition coefficient (Wildman–Crippen LogP) is 0.607. The van der Waals surface area contributed by atoms with E-state index < -0.39 is 5.91 Å². The topological polar surface area (TPSA) is 62.0 Å². The van der Waals surface area contributed by atoms with Gasteiger partial charge in [-0.1, -0.05) is 13.8 Å². The molecule has 0 atom stereocenters. The van der Waals surface area contributed by atoms with E-state index in [-0.39, 0.29) is 11.7 Å². The second kappa shape index (κ2) is 4.09. The summed E-state index contributed by atoms with van der Waals surface area (Å²) in [7, 11) is 0. The predicted molar refractivity (Wildman–Crippen MR) is 52.9 cm³/mol. The maximum atomic E-state index is 10.7. The lowest BCUT2D eigenvalue weighted by Crippen LogP contribution is -2.37. The minimum absolute atomic E-state index is 0.192. The van der Waals surface area contributed by atoms with Crippen molar-refractivity contribution < 1.29 is 9.59 Å². The molecule has 0 aliphatic heterocycles. The normalized spacial score (nSPS) is 11.0. The van der Waals surface area contributed by atoms with Crippen LogP contribution in [0.3, 0.4) is 0 Å². The van der Waals surface area contributed by atoms with E-state index in [1.54, 1.807) is 0 Å². The summed E-state index contributed by atoms with van der Waals surface area (Å²) in [5, 5.41) is 2.53. The quantitative estimate of drug-likeness (QED) is 0.545. The molecule has 1 heterocycles. The molecule has 0 aliphatic rings. The maximum absolute atomic E-state index is 10.7. The van der Waals surface area contributed by atoms with Crippen molar-refractivity contribution in [3.8, 4) is 0 Å². The van der Waals surface area contributed by atoms with Crippen LogP contribution in [-0.4, -0.2) is 23.7 Å². The van der Waals surface area contributed by atoms with E-state index in [0.29, 0.717) is 6.54 Å². The first-order chi connectivity index (χ1) is 6.56. The molecule has 4 nitrogen and oxygen atoms in total. The molecule has 0 radical (unpaired) electrons. The fourth-order valence-electron chi connectivity index (χ4n) is 1.20. The molecule has 0 aromatic carbocycles. The van der Waals surface area contributed by atoms with Crippen LogP contribution >= 0.6 is 0 Å². The van der Waals surface area contributed by atoms with Gasteiger partial charge in [-0.05, 0) is 12.1 Å². The highest BCUT2D eigenvalue weighted by molar-refractivity contribution is 6.23. The number of carbonyl (C=O) groups excluding carboxylic acids is 2. The average Bonchev–Trinajstić information content (AvgIpc) is 2.67. The number of carbonyl (C=O) groups is 2. The summed E-state index contributed by atoms with van der Waals surface area (Å²) in [5.74, 6) is -0.579. The third-order valence-electron chi connectivity index (χ3n) is 2.14. The first-order valence-corrected chi connectivity index (χ1v) is 4.43. The van der Waals surface area contributed by atoms with E-state index in [1.165, 1.54) is 0 Å². The van der Waals surface area contributed by atoms with Crippen molar-refractivity contribution in [1.82, 2.24) is 10.3 Å². The first-order valence-electron chi connectivity index (χ1n) is 4.43. The van der Waals surface area contributed by atoms with Gasteiger partial charge in [-0.2, -0.15) is 0 Å². The van der Waals surface area contributed by atoms with E-state index in [9.17, 15) is 9.59 Å². The van der Waals surface area contributed by atoms with Crippen LogP contribution in [0.4, 0.5) is 0 Å². The zero-order valence-electron chi connectivity index (χ0n) is 8.33. The molecule has 76 valence electrons. The molecule has 1 amide bonds. The Labute approximate surface area is 82.7 Å². The fraction of sp³-hybridized carbons (Fsp3) is 0.400. The molecule has 0 saturated heterocycles. The van der Waals surface area contributed by atoms with Gasteiger partial charge < -0.3 is 10.3 Å². The van der Waals surface area contributed by atoms with Gasteiger partial charge in [0, 0.05) is 23.9 Å². The number of rotatable bonds is 4. The SMILES string of the molecule is CC(C)(CNC(=O)C=O)c1ccc[nH]1. The average molecular weight is 194 g/mol. The highest BCUT2D eigenvalue weighted by atomic mass is 16.2. The number of aromatic nitrogens is 1. The van der Waals surface area contributed by atoms with Gasteiger partial charge in [0.15, 0.2) is 0 Å². The molecule has 0 saturated carbocycles. The Morgan fingerprint density at radius 2 is 2.36 bits per heavy atom. The Bertz CT molecular complexity index is 315. The Kier molecular flexibility index (Phi) is 3.06. The molecule has 2 N–H and O–H groups in total. The Morgan fingerprint density at radius 3 is 2.86 bits per heavy atom. The van der Waals surface area contributed by atoms with Crippen molar-refractivity contribution in [2.45, 2.75) is 19.3 Å². The maximum Gasteiger partial charge on any atom is 0.284 e. The van der Waals surface area contributed by atoms with Crippen LogP contribution in [-0.2, 0) is 15.0 Å². The van der Waals surface area contributed by atoms with Crippen molar-refractivity contribution in [3.05, 3.63) is 24.0 Å². The molecule has 0 unspecified atom stereocenters. The molecule has 1 aromatic heterocycles. The van der Waals surface area contributed by atoms with E-state index in [4.69, 9.17) is 0 Å². The Morgan fingerprint density at radius 1 is 1.64 bits per heavy atom. The van der Waals surface area contributed by atoms with Gasteiger partial charge in [0.05, 0.1) is 0 Å². The number of amides is 1. The van der Waals surface area contributed by atoms with Crippen LogP contribution in [0.15, 0.2) is 18.3 Å². The molecule has 4 heteroatoms. The van der Waals surface area contributed by atoms with Crippen molar-refractivity contribution >= 4 is 12.2 Å². The molecular formula is C10H14N2O2. The zero-order chi connectivity index (χ0) is 10.6. The van der Waals surface area contributed by atoms with Gasteiger partial charge >= 0.3 is 0 Å². The lowest BCUT2D eigenvalue weighted by molar-refractivity contribution is -0.131. The van der Waals surface area contributed by atoms with E-state index >= 15 is 0 Å². The monoisotopic (exact) mass is 194 g/mol. The number of hydrogen-bond acceptors (Lipinski definition) is 2. The van der Waals surface area contributed by atoms with E-state index in [2.05, 4.69) is 10.3 Å². The molecule has 1 aromatic rings. The van der Waals surface area contributed by atoms with Crippen LogP contribution in [0.5, 0.6) is 0 Å². The summed E-state index contributed by atoms with van der Waals surface area (Å²) in [6, 6.07) is 3.85. The van der Waals surface area contributed by atoms with Gasteiger partial charge in [-0.3, -0.25) is 9.59 Å². The van der Waals surface area contributed by atoms with Crippen LogP contribution < -0.4 is 5.32 Å². The molecule has 0 fully saturated rings. The second-order valence-corrected chi connectivity index (χ2v) is 3.80. The van der Waals surface area contributed by atoms with Crippen LogP contribution in [0.1, 0.15) is 19.5 Å². The minimum atomic E-state index is -0.579. The zero-order valence-corrected chi connectivity index (χ0v) is 8.33. The number of aromatic amines is 1. The summed E-state index contributed by atoms with van der Waals surface area (Å²) in [6.07, 6.45) is 2.11. The molecule has 0 bridgehead atoms. The van der Waals surface area contributed by atoms with E-state index in [0.717, 1.165) is 5.69 Å².